The molecular weight excluding hydrogens is 252 g/mol. The SMILES string of the molecule is CCC1CN(S(=O)(=O)c2cnc[nH]2)C(CC)CN1. The molecule has 0 aromatic carbocycles. The first kappa shape index (κ1) is 13.5. The minimum atomic E-state index is -3.45. The van der Waals surface area contributed by atoms with Gasteiger partial charge in [-0.25, -0.2) is 13.4 Å². The van der Waals surface area contributed by atoms with Crippen molar-refractivity contribution in [1.29, 1.82) is 0 Å². The van der Waals surface area contributed by atoms with Crippen LogP contribution in [0.15, 0.2) is 17.6 Å². The quantitative estimate of drug-likeness (QED) is 0.839. The number of sulfonamides is 1. The summed E-state index contributed by atoms with van der Waals surface area (Å²) in [6, 6.07) is 0.242. The van der Waals surface area contributed by atoms with Gasteiger partial charge in [-0.15, -0.1) is 0 Å². The molecule has 2 unspecified atom stereocenters. The van der Waals surface area contributed by atoms with Gasteiger partial charge in [-0.3, -0.25) is 0 Å². The summed E-state index contributed by atoms with van der Waals surface area (Å²) in [6.07, 6.45) is 4.49. The Kier molecular flexibility index (Phi) is 4.04. The van der Waals surface area contributed by atoms with Crippen LogP contribution in [0.5, 0.6) is 0 Å². The van der Waals surface area contributed by atoms with Crippen molar-refractivity contribution in [2.75, 3.05) is 13.1 Å². The Morgan fingerprint density at radius 3 is 2.78 bits per heavy atom. The van der Waals surface area contributed by atoms with E-state index in [1.165, 1.54) is 12.5 Å². The highest BCUT2D eigenvalue weighted by Crippen LogP contribution is 2.21. The topological polar surface area (TPSA) is 78.1 Å². The fourth-order valence-corrected chi connectivity index (χ4v) is 3.90. The van der Waals surface area contributed by atoms with Gasteiger partial charge >= 0.3 is 0 Å². The van der Waals surface area contributed by atoms with Gasteiger partial charge in [0.25, 0.3) is 10.0 Å². The molecular formula is C11H20N4O2S. The number of hydrogen-bond donors (Lipinski definition) is 2. The third-order valence-corrected chi connectivity index (χ3v) is 5.32. The summed E-state index contributed by atoms with van der Waals surface area (Å²) in [5.41, 5.74) is 0. The minimum Gasteiger partial charge on any atom is -0.335 e. The average molecular weight is 272 g/mol. The molecule has 2 atom stereocenters. The largest absolute Gasteiger partial charge is 0.335 e. The fraction of sp³-hybridized carbons (Fsp3) is 0.727. The molecule has 1 aromatic heterocycles. The molecule has 1 aromatic rings. The Bertz CT molecular complexity index is 471. The Balaban J connectivity index is 2.28. The molecule has 1 fully saturated rings. The van der Waals surface area contributed by atoms with Crippen molar-refractivity contribution in [3.63, 3.8) is 0 Å². The van der Waals surface area contributed by atoms with E-state index >= 15 is 0 Å². The van der Waals surface area contributed by atoms with Crippen LogP contribution in [-0.2, 0) is 10.0 Å². The van der Waals surface area contributed by atoms with Crippen molar-refractivity contribution in [3.8, 4) is 0 Å². The van der Waals surface area contributed by atoms with Crippen molar-refractivity contribution in [2.24, 2.45) is 0 Å². The van der Waals surface area contributed by atoms with Gasteiger partial charge in [0.1, 0.15) is 0 Å². The number of rotatable bonds is 4. The molecule has 0 amide bonds. The molecule has 1 aliphatic heterocycles. The van der Waals surface area contributed by atoms with Gasteiger partial charge in [0.05, 0.1) is 12.5 Å². The maximum Gasteiger partial charge on any atom is 0.260 e. The van der Waals surface area contributed by atoms with Crippen molar-refractivity contribution in [3.05, 3.63) is 12.5 Å². The Labute approximate surface area is 108 Å². The molecule has 102 valence electrons. The standard InChI is InChI=1S/C11H20N4O2S/c1-3-9-7-15(10(4-2)5-13-9)18(16,17)11-6-12-8-14-11/h6,8-10,13H,3-5,7H2,1-2H3,(H,12,14). The van der Waals surface area contributed by atoms with Crippen LogP contribution in [-0.4, -0.2) is 47.9 Å². The number of H-pyrrole nitrogens is 1. The van der Waals surface area contributed by atoms with Gasteiger partial charge in [-0.2, -0.15) is 4.31 Å². The number of aromatic amines is 1. The van der Waals surface area contributed by atoms with Gasteiger partial charge in [0, 0.05) is 25.2 Å². The highest BCUT2D eigenvalue weighted by Gasteiger charge is 2.36. The predicted octanol–water partition coefficient (Wildman–Crippen LogP) is 0.561. The van der Waals surface area contributed by atoms with E-state index in [2.05, 4.69) is 22.2 Å². The third kappa shape index (κ3) is 2.43. The fourth-order valence-electron chi connectivity index (χ4n) is 2.26. The minimum absolute atomic E-state index is 0.0149. The normalized spacial score (nSPS) is 26.3. The molecule has 1 aliphatic rings. The Morgan fingerprint density at radius 1 is 1.44 bits per heavy atom. The Morgan fingerprint density at radius 2 is 2.22 bits per heavy atom. The molecule has 2 rings (SSSR count). The van der Waals surface area contributed by atoms with Crippen LogP contribution in [0.4, 0.5) is 0 Å². The van der Waals surface area contributed by atoms with Crippen LogP contribution in [0.1, 0.15) is 26.7 Å². The second-order valence-electron chi connectivity index (χ2n) is 4.57. The van der Waals surface area contributed by atoms with Crippen LogP contribution in [0.3, 0.4) is 0 Å². The summed E-state index contributed by atoms with van der Waals surface area (Å²) in [6.45, 7) is 5.30. The van der Waals surface area contributed by atoms with E-state index < -0.39 is 10.0 Å². The Hall–Kier alpha value is -0.920. The van der Waals surface area contributed by atoms with Gasteiger partial charge in [0.2, 0.25) is 0 Å². The molecule has 0 radical (unpaired) electrons. The van der Waals surface area contributed by atoms with Crippen LogP contribution in [0.2, 0.25) is 0 Å². The number of piperazine rings is 1. The summed E-state index contributed by atoms with van der Waals surface area (Å²) in [4.78, 5) is 6.49. The molecule has 1 saturated heterocycles. The lowest BCUT2D eigenvalue weighted by Crippen LogP contribution is -2.57. The molecule has 0 aliphatic carbocycles. The number of aromatic nitrogens is 2. The van der Waals surface area contributed by atoms with Gasteiger partial charge in [0.15, 0.2) is 5.03 Å². The summed E-state index contributed by atoms with van der Waals surface area (Å²) in [7, 11) is -3.45. The van der Waals surface area contributed by atoms with E-state index in [9.17, 15) is 8.42 Å². The molecule has 0 bridgehead atoms. The average Bonchev–Trinajstić information content (AvgIpc) is 2.92. The number of imidazole rings is 1. The van der Waals surface area contributed by atoms with Crippen molar-refractivity contribution in [1.82, 2.24) is 19.6 Å². The molecule has 18 heavy (non-hydrogen) atoms. The van der Waals surface area contributed by atoms with Crippen LogP contribution < -0.4 is 5.32 Å². The molecule has 2 N–H and O–H groups in total. The number of nitrogens with zero attached hydrogens (tertiary/aromatic N) is 2. The zero-order valence-electron chi connectivity index (χ0n) is 10.8. The van der Waals surface area contributed by atoms with E-state index in [1.807, 2.05) is 6.92 Å². The molecule has 0 spiro atoms. The summed E-state index contributed by atoms with van der Waals surface area (Å²) in [5, 5.41) is 3.56. The highest BCUT2D eigenvalue weighted by molar-refractivity contribution is 7.89. The monoisotopic (exact) mass is 272 g/mol. The van der Waals surface area contributed by atoms with Gasteiger partial charge < -0.3 is 10.3 Å². The number of nitrogens with one attached hydrogen (secondary N) is 2. The van der Waals surface area contributed by atoms with Crippen LogP contribution in [0.25, 0.3) is 0 Å². The van der Waals surface area contributed by atoms with E-state index in [-0.39, 0.29) is 17.1 Å². The molecule has 7 heteroatoms. The van der Waals surface area contributed by atoms with Gasteiger partial charge in [-0.05, 0) is 12.8 Å². The highest BCUT2D eigenvalue weighted by atomic mass is 32.2. The van der Waals surface area contributed by atoms with Crippen LogP contribution >= 0.6 is 0 Å². The zero-order valence-corrected chi connectivity index (χ0v) is 11.6. The smallest absolute Gasteiger partial charge is 0.260 e. The first-order valence-electron chi connectivity index (χ1n) is 6.33. The van der Waals surface area contributed by atoms with E-state index in [0.717, 1.165) is 12.8 Å². The maximum absolute atomic E-state index is 12.5. The third-order valence-electron chi connectivity index (χ3n) is 3.47. The summed E-state index contributed by atoms with van der Waals surface area (Å²) < 4.78 is 26.6. The second kappa shape index (κ2) is 5.38. The van der Waals surface area contributed by atoms with E-state index in [0.29, 0.717) is 13.1 Å². The maximum atomic E-state index is 12.5. The summed E-state index contributed by atoms with van der Waals surface area (Å²) in [5.74, 6) is 0. The molecule has 6 nitrogen and oxygen atoms in total. The molecule has 0 saturated carbocycles. The molecule has 2 heterocycles. The summed E-state index contributed by atoms with van der Waals surface area (Å²) >= 11 is 0. The van der Waals surface area contributed by atoms with Crippen LogP contribution in [0, 0.1) is 0 Å². The lowest BCUT2D eigenvalue weighted by atomic mass is 10.1. The van der Waals surface area contributed by atoms with Crippen molar-refractivity contribution >= 4 is 10.0 Å². The second-order valence-corrected chi connectivity index (χ2v) is 6.43. The first-order chi connectivity index (χ1) is 8.59. The van der Waals surface area contributed by atoms with Gasteiger partial charge in [-0.1, -0.05) is 13.8 Å². The van der Waals surface area contributed by atoms with Crippen molar-refractivity contribution in [2.45, 2.75) is 43.8 Å². The lowest BCUT2D eigenvalue weighted by molar-refractivity contribution is 0.215. The van der Waals surface area contributed by atoms with E-state index in [4.69, 9.17) is 0 Å². The predicted molar refractivity (Wildman–Crippen MR) is 68.6 cm³/mol. The number of hydrogen-bond acceptors (Lipinski definition) is 4. The zero-order chi connectivity index (χ0) is 13.2. The lowest BCUT2D eigenvalue weighted by Gasteiger charge is -2.38. The van der Waals surface area contributed by atoms with Crippen molar-refractivity contribution < 1.29 is 8.42 Å². The first-order valence-corrected chi connectivity index (χ1v) is 7.77. The van der Waals surface area contributed by atoms with E-state index in [1.54, 1.807) is 4.31 Å².